The van der Waals surface area contributed by atoms with E-state index in [1.165, 1.54) is 5.56 Å². The summed E-state index contributed by atoms with van der Waals surface area (Å²) in [7, 11) is 1.99. The highest BCUT2D eigenvalue weighted by molar-refractivity contribution is 5.78. The van der Waals surface area contributed by atoms with Gasteiger partial charge in [-0.25, -0.2) is 0 Å². The molecule has 0 bridgehead atoms. The Morgan fingerprint density at radius 2 is 1.93 bits per heavy atom. The maximum Gasteiger partial charge on any atom is 0.0958 e. The normalized spacial score (nSPS) is 10.0. The first kappa shape index (κ1) is 11.8. The van der Waals surface area contributed by atoms with Crippen LogP contribution in [-0.4, -0.2) is 17.8 Å². The van der Waals surface area contributed by atoms with E-state index in [1.807, 2.05) is 30.1 Å². The molecule has 2 heteroatoms. The van der Waals surface area contributed by atoms with Crippen LogP contribution in [0, 0.1) is 5.41 Å². The SMILES string of the molecule is CCCCC(=N)N(C)Cc1ccccc1. The number of amidine groups is 1. The molecule has 0 aromatic heterocycles. The van der Waals surface area contributed by atoms with Crippen molar-refractivity contribution in [2.45, 2.75) is 32.7 Å². The quantitative estimate of drug-likeness (QED) is 0.578. The van der Waals surface area contributed by atoms with Crippen LogP contribution in [-0.2, 0) is 6.54 Å². The van der Waals surface area contributed by atoms with Crippen molar-refractivity contribution < 1.29 is 0 Å². The smallest absolute Gasteiger partial charge is 0.0958 e. The molecule has 2 nitrogen and oxygen atoms in total. The minimum absolute atomic E-state index is 0.737. The van der Waals surface area contributed by atoms with Gasteiger partial charge in [0.2, 0.25) is 0 Å². The van der Waals surface area contributed by atoms with Crippen LogP contribution in [0.2, 0.25) is 0 Å². The van der Waals surface area contributed by atoms with Gasteiger partial charge in [0.05, 0.1) is 5.84 Å². The molecule has 0 radical (unpaired) electrons. The summed E-state index contributed by atoms with van der Waals surface area (Å²) < 4.78 is 0. The van der Waals surface area contributed by atoms with Gasteiger partial charge in [0.15, 0.2) is 0 Å². The number of rotatable bonds is 5. The van der Waals surface area contributed by atoms with Crippen molar-refractivity contribution in [3.8, 4) is 0 Å². The lowest BCUT2D eigenvalue weighted by atomic mass is 10.2. The van der Waals surface area contributed by atoms with Gasteiger partial charge in [-0.1, -0.05) is 43.7 Å². The molecule has 0 atom stereocenters. The van der Waals surface area contributed by atoms with Gasteiger partial charge in [0.1, 0.15) is 0 Å². The molecular formula is C13H20N2. The second-order valence-corrected chi connectivity index (χ2v) is 3.89. The van der Waals surface area contributed by atoms with E-state index in [-0.39, 0.29) is 0 Å². The molecule has 82 valence electrons. The summed E-state index contributed by atoms with van der Waals surface area (Å²) in [5.74, 6) is 0.737. The molecule has 0 amide bonds. The van der Waals surface area contributed by atoms with E-state index >= 15 is 0 Å². The number of benzene rings is 1. The second kappa shape index (κ2) is 6.23. The summed E-state index contributed by atoms with van der Waals surface area (Å²) in [6.07, 6.45) is 3.15. The minimum atomic E-state index is 0.737. The molecule has 0 saturated carbocycles. The maximum atomic E-state index is 7.87. The van der Waals surface area contributed by atoms with Crippen molar-refractivity contribution in [3.05, 3.63) is 35.9 Å². The van der Waals surface area contributed by atoms with Crippen molar-refractivity contribution in [1.82, 2.24) is 4.90 Å². The van der Waals surface area contributed by atoms with Crippen molar-refractivity contribution in [2.75, 3.05) is 7.05 Å². The van der Waals surface area contributed by atoms with Crippen LogP contribution in [0.4, 0.5) is 0 Å². The van der Waals surface area contributed by atoms with Gasteiger partial charge in [-0.3, -0.25) is 5.41 Å². The van der Waals surface area contributed by atoms with Crippen LogP contribution >= 0.6 is 0 Å². The summed E-state index contributed by atoms with van der Waals surface area (Å²) in [6.45, 7) is 2.99. The summed E-state index contributed by atoms with van der Waals surface area (Å²) in [5.41, 5.74) is 1.27. The van der Waals surface area contributed by atoms with Gasteiger partial charge in [-0.2, -0.15) is 0 Å². The zero-order valence-electron chi connectivity index (χ0n) is 9.66. The zero-order valence-corrected chi connectivity index (χ0v) is 9.66. The van der Waals surface area contributed by atoms with Crippen LogP contribution < -0.4 is 0 Å². The zero-order chi connectivity index (χ0) is 11.1. The fraction of sp³-hybridized carbons (Fsp3) is 0.462. The highest BCUT2D eigenvalue weighted by Gasteiger charge is 2.03. The van der Waals surface area contributed by atoms with Gasteiger partial charge in [-0.15, -0.1) is 0 Å². The molecule has 1 aromatic carbocycles. The third kappa shape index (κ3) is 4.15. The van der Waals surface area contributed by atoms with E-state index in [1.54, 1.807) is 0 Å². The van der Waals surface area contributed by atoms with E-state index in [0.29, 0.717) is 0 Å². The Bertz CT molecular complexity index is 293. The maximum absolute atomic E-state index is 7.87. The Morgan fingerprint density at radius 1 is 1.27 bits per heavy atom. The van der Waals surface area contributed by atoms with Crippen LogP contribution in [0.25, 0.3) is 0 Å². The highest BCUT2D eigenvalue weighted by atomic mass is 15.1. The molecule has 1 rings (SSSR count). The van der Waals surface area contributed by atoms with Gasteiger partial charge in [0, 0.05) is 20.0 Å². The average molecular weight is 204 g/mol. The number of nitrogens with one attached hydrogen (secondary N) is 1. The lowest BCUT2D eigenvalue weighted by Gasteiger charge is -2.19. The fourth-order valence-corrected chi connectivity index (χ4v) is 1.49. The summed E-state index contributed by atoms with van der Waals surface area (Å²) in [6, 6.07) is 10.3. The molecule has 15 heavy (non-hydrogen) atoms. The first-order valence-corrected chi connectivity index (χ1v) is 5.56. The van der Waals surface area contributed by atoms with Crippen molar-refractivity contribution in [3.63, 3.8) is 0 Å². The topological polar surface area (TPSA) is 27.1 Å². The largest absolute Gasteiger partial charge is 0.359 e. The highest BCUT2D eigenvalue weighted by Crippen LogP contribution is 2.05. The van der Waals surface area contributed by atoms with Crippen molar-refractivity contribution >= 4 is 5.84 Å². The molecule has 1 aromatic rings. The molecular weight excluding hydrogens is 184 g/mol. The lowest BCUT2D eigenvalue weighted by Crippen LogP contribution is -2.25. The third-order valence-corrected chi connectivity index (χ3v) is 2.49. The first-order valence-electron chi connectivity index (χ1n) is 5.56. The van der Waals surface area contributed by atoms with Gasteiger partial charge >= 0.3 is 0 Å². The Kier molecular flexibility index (Phi) is 4.88. The Balaban J connectivity index is 2.41. The Hall–Kier alpha value is -1.31. The van der Waals surface area contributed by atoms with E-state index in [9.17, 15) is 0 Å². The predicted octanol–water partition coefficient (Wildman–Crippen LogP) is 3.29. The second-order valence-electron chi connectivity index (χ2n) is 3.89. The van der Waals surface area contributed by atoms with E-state index in [2.05, 4.69) is 19.1 Å². The molecule has 1 N–H and O–H groups in total. The fourth-order valence-electron chi connectivity index (χ4n) is 1.49. The molecule has 0 heterocycles. The van der Waals surface area contributed by atoms with Crippen LogP contribution in [0.15, 0.2) is 30.3 Å². The standard InChI is InChI=1S/C13H20N2/c1-3-4-10-13(14)15(2)11-12-8-6-5-7-9-12/h5-9,14H,3-4,10-11H2,1-2H3. The van der Waals surface area contributed by atoms with Gasteiger partial charge in [0.25, 0.3) is 0 Å². The summed E-state index contributed by atoms with van der Waals surface area (Å²) >= 11 is 0. The van der Waals surface area contributed by atoms with E-state index in [4.69, 9.17) is 5.41 Å². The molecule has 0 unspecified atom stereocenters. The summed E-state index contributed by atoms with van der Waals surface area (Å²) in [4.78, 5) is 2.02. The Labute approximate surface area is 92.4 Å². The molecule has 0 aliphatic carbocycles. The van der Waals surface area contributed by atoms with Crippen molar-refractivity contribution in [1.29, 1.82) is 5.41 Å². The average Bonchev–Trinajstić information content (AvgIpc) is 2.27. The molecule has 0 aliphatic rings. The number of unbranched alkanes of at least 4 members (excludes halogenated alkanes) is 1. The monoisotopic (exact) mass is 204 g/mol. The number of nitrogens with zero attached hydrogens (tertiary/aromatic N) is 1. The Morgan fingerprint density at radius 3 is 2.53 bits per heavy atom. The van der Waals surface area contributed by atoms with Gasteiger partial charge < -0.3 is 4.90 Å². The lowest BCUT2D eigenvalue weighted by molar-refractivity contribution is 0.481. The molecule has 0 aliphatic heterocycles. The summed E-state index contributed by atoms with van der Waals surface area (Å²) in [5, 5.41) is 7.87. The van der Waals surface area contributed by atoms with Gasteiger partial charge in [-0.05, 0) is 12.0 Å². The third-order valence-electron chi connectivity index (χ3n) is 2.49. The van der Waals surface area contributed by atoms with Crippen molar-refractivity contribution in [2.24, 2.45) is 0 Å². The predicted molar refractivity (Wildman–Crippen MR) is 65.2 cm³/mol. The van der Waals surface area contributed by atoms with Crippen LogP contribution in [0.3, 0.4) is 0 Å². The molecule has 0 spiro atoms. The number of hydrogen-bond donors (Lipinski definition) is 1. The molecule has 0 saturated heterocycles. The minimum Gasteiger partial charge on any atom is -0.359 e. The molecule has 0 fully saturated rings. The van der Waals surface area contributed by atoms with E-state index < -0.39 is 0 Å². The van der Waals surface area contributed by atoms with E-state index in [0.717, 1.165) is 31.6 Å². The first-order chi connectivity index (χ1) is 7.24. The van der Waals surface area contributed by atoms with Crippen LogP contribution in [0.1, 0.15) is 31.7 Å². The number of hydrogen-bond acceptors (Lipinski definition) is 1. The van der Waals surface area contributed by atoms with Crippen LogP contribution in [0.5, 0.6) is 0 Å².